The molecule has 1 unspecified atom stereocenters. The van der Waals surface area contributed by atoms with E-state index in [-0.39, 0.29) is 5.91 Å². The van der Waals surface area contributed by atoms with Gasteiger partial charge in [-0.2, -0.15) is 0 Å². The monoisotopic (exact) mass is 270 g/mol. The molecule has 104 valence electrons. The van der Waals surface area contributed by atoms with E-state index in [0.717, 1.165) is 29.6 Å². The largest absolute Gasteiger partial charge is 0.379 e. The predicted molar refractivity (Wildman–Crippen MR) is 77.6 cm³/mol. The van der Waals surface area contributed by atoms with Crippen LogP contribution in [0, 0.1) is 5.92 Å². The molecule has 1 fully saturated rings. The van der Waals surface area contributed by atoms with Gasteiger partial charge in [0.2, 0.25) is 0 Å². The minimum atomic E-state index is 0.0769. The van der Waals surface area contributed by atoms with Crippen LogP contribution in [0.1, 0.15) is 17.3 Å². The highest BCUT2D eigenvalue weighted by molar-refractivity contribution is 5.97. The van der Waals surface area contributed by atoms with Crippen molar-refractivity contribution >= 4 is 16.8 Å². The van der Waals surface area contributed by atoms with Gasteiger partial charge in [0.15, 0.2) is 0 Å². The van der Waals surface area contributed by atoms with Crippen LogP contribution in [0.2, 0.25) is 0 Å². The lowest BCUT2D eigenvalue weighted by atomic mass is 10.1. The molecule has 0 aliphatic carbocycles. The number of nitrogens with zero attached hydrogens (tertiary/aromatic N) is 2. The third-order valence-electron chi connectivity index (χ3n) is 3.58. The first-order chi connectivity index (χ1) is 9.74. The van der Waals surface area contributed by atoms with Gasteiger partial charge < -0.3 is 9.64 Å². The third-order valence-corrected chi connectivity index (χ3v) is 3.58. The number of amides is 1. The number of benzene rings is 1. The fraction of sp³-hybridized carbons (Fsp3) is 0.375. The van der Waals surface area contributed by atoms with E-state index in [4.69, 9.17) is 4.74 Å². The summed E-state index contributed by atoms with van der Waals surface area (Å²) in [6.45, 7) is 4.87. The molecule has 1 aromatic carbocycles. The molecule has 2 heterocycles. The van der Waals surface area contributed by atoms with Crippen molar-refractivity contribution < 1.29 is 9.53 Å². The van der Waals surface area contributed by atoms with E-state index in [2.05, 4.69) is 11.9 Å². The van der Waals surface area contributed by atoms with Crippen LogP contribution in [0.5, 0.6) is 0 Å². The lowest BCUT2D eigenvalue weighted by molar-refractivity contribution is 0.0738. The molecule has 1 amide bonds. The van der Waals surface area contributed by atoms with Crippen LogP contribution in [-0.4, -0.2) is 42.1 Å². The minimum absolute atomic E-state index is 0.0769. The summed E-state index contributed by atoms with van der Waals surface area (Å²) >= 11 is 0. The van der Waals surface area contributed by atoms with Crippen LogP contribution >= 0.6 is 0 Å². The molecular weight excluding hydrogens is 252 g/mol. The fourth-order valence-corrected chi connectivity index (χ4v) is 2.56. The van der Waals surface area contributed by atoms with Gasteiger partial charge in [-0.25, -0.2) is 0 Å². The molecule has 1 aliphatic heterocycles. The number of pyridine rings is 1. The van der Waals surface area contributed by atoms with Crippen LogP contribution in [0.3, 0.4) is 0 Å². The van der Waals surface area contributed by atoms with E-state index < -0.39 is 0 Å². The summed E-state index contributed by atoms with van der Waals surface area (Å²) in [6, 6.07) is 9.54. The van der Waals surface area contributed by atoms with E-state index in [9.17, 15) is 4.79 Å². The zero-order chi connectivity index (χ0) is 13.9. The molecule has 4 nitrogen and oxygen atoms in total. The van der Waals surface area contributed by atoms with Crippen molar-refractivity contribution in [1.29, 1.82) is 0 Å². The highest BCUT2D eigenvalue weighted by Crippen LogP contribution is 2.16. The molecule has 1 atom stereocenters. The van der Waals surface area contributed by atoms with Gasteiger partial charge in [0.1, 0.15) is 0 Å². The van der Waals surface area contributed by atoms with Crippen LogP contribution < -0.4 is 0 Å². The summed E-state index contributed by atoms with van der Waals surface area (Å²) in [5, 5.41) is 0.998. The zero-order valence-corrected chi connectivity index (χ0v) is 11.6. The smallest absolute Gasteiger partial charge is 0.253 e. The lowest BCUT2D eigenvalue weighted by Crippen LogP contribution is -2.35. The van der Waals surface area contributed by atoms with E-state index in [1.807, 2.05) is 35.2 Å². The normalized spacial score (nSPS) is 19.9. The molecule has 1 aliphatic rings. The van der Waals surface area contributed by atoms with Gasteiger partial charge in [-0.15, -0.1) is 0 Å². The topological polar surface area (TPSA) is 42.4 Å². The van der Waals surface area contributed by atoms with Gasteiger partial charge in [0.25, 0.3) is 5.91 Å². The maximum atomic E-state index is 12.6. The van der Waals surface area contributed by atoms with Crippen molar-refractivity contribution in [3.8, 4) is 0 Å². The fourth-order valence-electron chi connectivity index (χ4n) is 2.56. The van der Waals surface area contributed by atoms with Gasteiger partial charge in [0.05, 0.1) is 18.7 Å². The summed E-state index contributed by atoms with van der Waals surface area (Å²) in [6.07, 6.45) is 1.76. The highest BCUT2D eigenvalue weighted by atomic mass is 16.5. The van der Waals surface area contributed by atoms with Crippen molar-refractivity contribution in [2.24, 2.45) is 5.92 Å². The predicted octanol–water partition coefficient (Wildman–Crippen LogP) is 2.34. The first kappa shape index (κ1) is 13.1. The van der Waals surface area contributed by atoms with Crippen molar-refractivity contribution in [3.63, 3.8) is 0 Å². The summed E-state index contributed by atoms with van der Waals surface area (Å²) in [5.41, 5.74) is 1.64. The molecule has 4 heteroatoms. The Labute approximate surface area is 118 Å². The van der Waals surface area contributed by atoms with Crippen molar-refractivity contribution in [3.05, 3.63) is 42.1 Å². The van der Waals surface area contributed by atoms with Crippen LogP contribution in [0.4, 0.5) is 0 Å². The Balaban J connectivity index is 1.87. The number of hydrogen-bond donors (Lipinski definition) is 0. The Morgan fingerprint density at radius 2 is 2.30 bits per heavy atom. The Hall–Kier alpha value is -1.94. The summed E-state index contributed by atoms with van der Waals surface area (Å²) in [5.74, 6) is 0.455. The Morgan fingerprint density at radius 3 is 3.20 bits per heavy atom. The maximum Gasteiger partial charge on any atom is 0.253 e. The first-order valence-corrected chi connectivity index (χ1v) is 6.96. The Morgan fingerprint density at radius 1 is 1.40 bits per heavy atom. The Kier molecular flexibility index (Phi) is 3.65. The number of fused-ring (bicyclic) bond motifs is 1. The molecule has 0 radical (unpaired) electrons. The highest BCUT2D eigenvalue weighted by Gasteiger charge is 2.21. The summed E-state index contributed by atoms with van der Waals surface area (Å²) < 4.78 is 5.49. The van der Waals surface area contributed by atoms with E-state index in [1.54, 1.807) is 6.20 Å². The number of hydrogen-bond acceptors (Lipinski definition) is 3. The third kappa shape index (κ3) is 2.65. The second-order valence-corrected chi connectivity index (χ2v) is 5.34. The van der Waals surface area contributed by atoms with Gasteiger partial charge in [-0.3, -0.25) is 9.78 Å². The molecule has 3 rings (SSSR count). The van der Waals surface area contributed by atoms with Crippen molar-refractivity contribution in [2.45, 2.75) is 6.92 Å². The first-order valence-electron chi connectivity index (χ1n) is 6.96. The van der Waals surface area contributed by atoms with E-state index in [0.29, 0.717) is 19.1 Å². The quantitative estimate of drug-likeness (QED) is 0.798. The number of aromatic nitrogens is 1. The van der Waals surface area contributed by atoms with Gasteiger partial charge >= 0.3 is 0 Å². The van der Waals surface area contributed by atoms with Crippen LogP contribution in [-0.2, 0) is 4.74 Å². The summed E-state index contributed by atoms with van der Waals surface area (Å²) in [7, 11) is 0. The van der Waals surface area contributed by atoms with Crippen molar-refractivity contribution in [2.75, 3.05) is 26.3 Å². The number of carbonyl (C=O) groups excluding carboxylic acids is 1. The van der Waals surface area contributed by atoms with Crippen LogP contribution in [0.25, 0.3) is 10.9 Å². The SMILES string of the molecule is CC1COCCN(C(=O)c2ccc3ncccc3c2)C1. The molecule has 0 bridgehead atoms. The average molecular weight is 270 g/mol. The van der Waals surface area contributed by atoms with E-state index in [1.165, 1.54) is 0 Å². The van der Waals surface area contributed by atoms with E-state index >= 15 is 0 Å². The summed E-state index contributed by atoms with van der Waals surface area (Å²) in [4.78, 5) is 18.8. The van der Waals surface area contributed by atoms with Gasteiger partial charge in [-0.1, -0.05) is 13.0 Å². The number of ether oxygens (including phenoxy) is 1. The molecular formula is C16H18N2O2. The second-order valence-electron chi connectivity index (χ2n) is 5.34. The molecule has 2 aromatic rings. The maximum absolute atomic E-state index is 12.6. The van der Waals surface area contributed by atoms with Gasteiger partial charge in [-0.05, 0) is 30.2 Å². The average Bonchev–Trinajstić information content (AvgIpc) is 2.70. The molecule has 0 saturated carbocycles. The molecule has 1 saturated heterocycles. The standard InChI is InChI=1S/C16H18N2O2/c1-12-10-18(7-8-20-11-12)16(19)14-4-5-15-13(9-14)3-2-6-17-15/h2-6,9,12H,7-8,10-11H2,1H3. The second kappa shape index (κ2) is 5.59. The number of rotatable bonds is 1. The molecule has 0 N–H and O–H groups in total. The van der Waals surface area contributed by atoms with Gasteiger partial charge in [0, 0.05) is 30.2 Å². The molecule has 0 spiro atoms. The number of carbonyl (C=O) groups is 1. The van der Waals surface area contributed by atoms with Crippen molar-refractivity contribution in [1.82, 2.24) is 9.88 Å². The molecule has 1 aromatic heterocycles. The van der Waals surface area contributed by atoms with Crippen LogP contribution in [0.15, 0.2) is 36.5 Å². The Bertz CT molecular complexity index is 627. The minimum Gasteiger partial charge on any atom is -0.379 e. The lowest BCUT2D eigenvalue weighted by Gasteiger charge is -2.22. The zero-order valence-electron chi connectivity index (χ0n) is 11.6. The molecule has 20 heavy (non-hydrogen) atoms.